The molecule has 6 heteroatoms. The third kappa shape index (κ3) is 2.47. The molecule has 34 heavy (non-hydrogen) atoms. The van der Waals surface area contributed by atoms with E-state index in [2.05, 4.69) is 16.0 Å². The number of nitrogens with zero attached hydrogens (tertiary/aromatic N) is 4. The van der Waals surface area contributed by atoms with Crippen molar-refractivity contribution in [3.8, 4) is 22.4 Å². The van der Waals surface area contributed by atoms with Crippen LogP contribution in [0.2, 0.25) is 0 Å². The van der Waals surface area contributed by atoms with Gasteiger partial charge >= 0.3 is 0 Å². The molecule has 0 spiro atoms. The van der Waals surface area contributed by atoms with Gasteiger partial charge in [-0.05, 0) is 41.3 Å². The van der Waals surface area contributed by atoms with Crippen molar-refractivity contribution in [3.63, 3.8) is 0 Å². The second-order valence-electron chi connectivity index (χ2n) is 8.28. The first-order chi connectivity index (χ1) is 16.8. The summed E-state index contributed by atoms with van der Waals surface area (Å²) in [7, 11) is -3.30. The third-order valence-corrected chi connectivity index (χ3v) is 9.67. The Bertz CT molecular complexity index is 1690. The summed E-state index contributed by atoms with van der Waals surface area (Å²) in [6.07, 6.45) is 10.7. The van der Waals surface area contributed by atoms with Gasteiger partial charge in [0.1, 0.15) is 0 Å². The summed E-state index contributed by atoms with van der Waals surface area (Å²) in [5.74, 6) is 0. The maximum Gasteiger partial charge on any atom is 0.175 e. The summed E-state index contributed by atoms with van der Waals surface area (Å²) in [6, 6.07) is 21.4. The number of benzene rings is 2. The van der Waals surface area contributed by atoms with Crippen LogP contribution in [0.4, 0.5) is 0 Å². The molecule has 0 radical (unpaired) electrons. The van der Waals surface area contributed by atoms with Crippen molar-refractivity contribution in [2.45, 2.75) is 0 Å². The fraction of sp³-hybridized carbons (Fsp3) is 0. The molecule has 7 rings (SSSR count). The lowest BCUT2D eigenvalue weighted by molar-refractivity contribution is 0.592. The van der Waals surface area contributed by atoms with Gasteiger partial charge in [0.25, 0.3) is 0 Å². The molecule has 5 heterocycles. The lowest BCUT2D eigenvalue weighted by Crippen LogP contribution is -2.26. The zero-order chi connectivity index (χ0) is 22.7. The minimum atomic E-state index is -3.30. The van der Waals surface area contributed by atoms with Crippen LogP contribution < -0.4 is 15.9 Å². The third-order valence-electron chi connectivity index (χ3n) is 6.57. The number of hydrogen-bond donors (Lipinski definition) is 0. The monoisotopic (exact) mass is 456 g/mol. The van der Waals surface area contributed by atoms with Gasteiger partial charge in [-0.2, -0.15) is 0 Å². The highest BCUT2D eigenvalue weighted by Gasteiger charge is 2.39. The minimum Gasteiger partial charge on any atom is -0.308 e. The van der Waals surface area contributed by atoms with E-state index < -0.39 is 7.14 Å². The summed E-state index contributed by atoms with van der Waals surface area (Å²) in [5.41, 5.74) is 4.28. The topological polar surface area (TPSA) is 68.6 Å². The Morgan fingerprint density at radius 2 is 1.38 bits per heavy atom. The highest BCUT2D eigenvalue weighted by molar-refractivity contribution is 7.85. The number of hydrogen-bond acceptors (Lipinski definition) is 5. The van der Waals surface area contributed by atoms with Crippen LogP contribution in [-0.4, -0.2) is 19.9 Å². The quantitative estimate of drug-likeness (QED) is 0.261. The number of pyridine rings is 4. The van der Waals surface area contributed by atoms with E-state index in [0.717, 1.165) is 43.7 Å². The first kappa shape index (κ1) is 19.3. The highest BCUT2D eigenvalue weighted by Crippen LogP contribution is 2.53. The first-order valence-electron chi connectivity index (χ1n) is 11.0. The van der Waals surface area contributed by atoms with Crippen LogP contribution in [0.25, 0.3) is 44.1 Å². The molecule has 0 saturated carbocycles. The molecule has 5 nitrogen and oxygen atoms in total. The molecule has 2 aromatic carbocycles. The van der Waals surface area contributed by atoms with Crippen LogP contribution in [-0.2, 0) is 4.57 Å². The predicted octanol–water partition coefficient (Wildman–Crippen LogP) is 4.86. The summed E-state index contributed by atoms with van der Waals surface area (Å²) >= 11 is 0. The van der Waals surface area contributed by atoms with Gasteiger partial charge in [-0.3, -0.25) is 19.9 Å². The minimum absolute atomic E-state index is 0.703. The van der Waals surface area contributed by atoms with Crippen molar-refractivity contribution in [2.75, 3.05) is 0 Å². The Labute approximate surface area is 195 Å². The molecule has 1 unspecified atom stereocenters. The molecular weight excluding hydrogens is 439 g/mol. The van der Waals surface area contributed by atoms with Crippen molar-refractivity contribution < 1.29 is 4.57 Å². The van der Waals surface area contributed by atoms with Crippen LogP contribution in [0, 0.1) is 0 Å². The second kappa shape index (κ2) is 7.14. The largest absolute Gasteiger partial charge is 0.308 e. The SMILES string of the molecule is O=P1(c2ccccc2)c2cnccc2-c2c(c3ccncc3c3cccnc23)-c2ncccc21. The van der Waals surface area contributed by atoms with Crippen molar-refractivity contribution in [1.29, 1.82) is 0 Å². The van der Waals surface area contributed by atoms with Crippen molar-refractivity contribution in [1.82, 2.24) is 19.9 Å². The Kier molecular flexibility index (Phi) is 4.05. The Morgan fingerprint density at radius 1 is 0.588 bits per heavy atom. The van der Waals surface area contributed by atoms with Gasteiger partial charge in [0.15, 0.2) is 7.14 Å². The van der Waals surface area contributed by atoms with Gasteiger partial charge in [0.2, 0.25) is 0 Å². The molecule has 0 amide bonds. The van der Waals surface area contributed by atoms with Crippen molar-refractivity contribution >= 4 is 44.7 Å². The standard InChI is InChI=1S/C28H17N4OP/c33-34(18-6-2-1-3-7-18)23-9-5-13-32-28(23)25-19-10-14-29-16-22(19)20-8-4-12-31-27(20)26(25)21-11-15-30-17-24(21)34/h1-17H. The number of rotatable bonds is 1. The normalized spacial score (nSPS) is 16.5. The number of fused-ring (bicyclic) bond motifs is 10. The average molecular weight is 456 g/mol. The van der Waals surface area contributed by atoms with Gasteiger partial charge < -0.3 is 4.57 Å². The van der Waals surface area contributed by atoms with E-state index in [1.165, 1.54) is 0 Å². The molecule has 1 atom stereocenters. The molecule has 0 fully saturated rings. The summed E-state index contributed by atoms with van der Waals surface area (Å²) in [4.78, 5) is 18.5. The maximum atomic E-state index is 15.3. The lowest BCUT2D eigenvalue weighted by atomic mass is 9.90. The molecule has 0 bridgehead atoms. The van der Waals surface area contributed by atoms with Gasteiger partial charge in [-0.1, -0.05) is 36.4 Å². The van der Waals surface area contributed by atoms with Crippen LogP contribution >= 0.6 is 7.14 Å². The fourth-order valence-electron chi connectivity index (χ4n) is 5.15. The zero-order valence-corrected chi connectivity index (χ0v) is 18.9. The van der Waals surface area contributed by atoms with Gasteiger partial charge in [-0.15, -0.1) is 0 Å². The van der Waals surface area contributed by atoms with Crippen LogP contribution in [0.15, 0.2) is 104 Å². The molecule has 1 aliphatic rings. The molecule has 0 N–H and O–H groups in total. The predicted molar refractivity (Wildman–Crippen MR) is 136 cm³/mol. The van der Waals surface area contributed by atoms with Crippen molar-refractivity contribution in [3.05, 3.63) is 104 Å². The lowest BCUT2D eigenvalue weighted by Gasteiger charge is -2.21. The molecule has 1 aliphatic heterocycles. The average Bonchev–Trinajstić information content (AvgIpc) is 3.02. The second-order valence-corrected chi connectivity index (χ2v) is 11.0. The van der Waals surface area contributed by atoms with E-state index in [1.54, 1.807) is 31.0 Å². The molecule has 4 aromatic heterocycles. The summed E-state index contributed by atoms with van der Waals surface area (Å²) in [5, 5.41) is 5.18. The van der Waals surface area contributed by atoms with Gasteiger partial charge in [-0.25, -0.2) is 0 Å². The molecular formula is C28H17N4OP. The van der Waals surface area contributed by atoms with Crippen molar-refractivity contribution in [2.24, 2.45) is 0 Å². The van der Waals surface area contributed by atoms with E-state index in [1.807, 2.05) is 66.9 Å². The van der Waals surface area contributed by atoms with E-state index in [9.17, 15) is 0 Å². The maximum absolute atomic E-state index is 15.3. The van der Waals surface area contributed by atoms with E-state index >= 15 is 4.57 Å². The summed E-state index contributed by atoms with van der Waals surface area (Å²) in [6.45, 7) is 0. The van der Waals surface area contributed by atoms with Crippen LogP contribution in [0.1, 0.15) is 0 Å². The Morgan fingerprint density at radius 3 is 2.29 bits per heavy atom. The van der Waals surface area contributed by atoms with Crippen LogP contribution in [0.5, 0.6) is 0 Å². The van der Waals surface area contributed by atoms with Gasteiger partial charge in [0, 0.05) is 75.0 Å². The summed E-state index contributed by atoms with van der Waals surface area (Å²) < 4.78 is 15.3. The molecule has 0 aliphatic carbocycles. The Balaban J connectivity index is 1.80. The van der Waals surface area contributed by atoms with Crippen LogP contribution in [0.3, 0.4) is 0 Å². The van der Waals surface area contributed by atoms with E-state index in [4.69, 9.17) is 9.97 Å². The highest BCUT2D eigenvalue weighted by atomic mass is 31.2. The molecule has 160 valence electrons. The Hall–Kier alpha value is -4.21. The van der Waals surface area contributed by atoms with Gasteiger partial charge in [0.05, 0.1) is 11.2 Å². The smallest absolute Gasteiger partial charge is 0.175 e. The zero-order valence-electron chi connectivity index (χ0n) is 18.0. The van der Waals surface area contributed by atoms with E-state index in [0.29, 0.717) is 16.3 Å². The fourth-order valence-corrected chi connectivity index (χ4v) is 8.07. The number of aromatic nitrogens is 4. The first-order valence-corrected chi connectivity index (χ1v) is 12.7. The molecule has 6 aromatic rings. The van der Waals surface area contributed by atoms with E-state index in [-0.39, 0.29) is 0 Å². The molecule has 0 saturated heterocycles.